The molecule has 0 unspecified atom stereocenters. The second-order valence-corrected chi connectivity index (χ2v) is 10.2. The van der Waals surface area contributed by atoms with Crippen molar-refractivity contribution in [1.82, 2.24) is 15.1 Å². The second kappa shape index (κ2) is 12.2. The predicted molar refractivity (Wildman–Crippen MR) is 146 cm³/mol. The van der Waals surface area contributed by atoms with Crippen molar-refractivity contribution in [2.24, 2.45) is 5.92 Å². The maximum absolute atomic E-state index is 12.8. The van der Waals surface area contributed by atoms with Gasteiger partial charge in [-0.05, 0) is 73.4 Å². The van der Waals surface area contributed by atoms with Gasteiger partial charge in [0.25, 0.3) is 5.91 Å². The van der Waals surface area contributed by atoms with Crippen LogP contribution >= 0.6 is 0 Å². The highest BCUT2D eigenvalue weighted by atomic mass is 19.4. The molecule has 1 heterocycles. The number of allylic oxidation sites excluding steroid dienone is 1. The molecule has 4 rings (SSSR count). The molecule has 0 spiro atoms. The Bertz CT molecular complexity index is 1300. The largest absolute Gasteiger partial charge is 0.573 e. The maximum Gasteiger partial charge on any atom is 0.573 e. The third-order valence-corrected chi connectivity index (χ3v) is 6.97. The molecule has 2 aromatic rings. The number of carbonyl (C=O) groups is 1. The van der Waals surface area contributed by atoms with Crippen molar-refractivity contribution in [3.8, 4) is 5.75 Å². The van der Waals surface area contributed by atoms with E-state index in [9.17, 15) is 18.0 Å². The zero-order chi connectivity index (χ0) is 28.2. The van der Waals surface area contributed by atoms with Gasteiger partial charge in [0, 0.05) is 61.8 Å². The van der Waals surface area contributed by atoms with Crippen molar-refractivity contribution < 1.29 is 27.4 Å². The summed E-state index contributed by atoms with van der Waals surface area (Å²) in [6, 6.07) is 9.65. The van der Waals surface area contributed by atoms with Crippen LogP contribution in [0.5, 0.6) is 5.75 Å². The SMILES string of the molecule is C=c1ccc(C(=O)NCCOC2CC2)c(C)/c1=C/N(C)CC1CN(/C(=C/C)c2ccc(OC(F)(F)F)cc2)C1. The smallest absolute Gasteiger partial charge is 0.406 e. The van der Waals surface area contributed by atoms with Crippen molar-refractivity contribution in [2.75, 3.05) is 39.8 Å². The van der Waals surface area contributed by atoms with Crippen LogP contribution in [0.2, 0.25) is 0 Å². The number of ether oxygens (including phenoxy) is 2. The van der Waals surface area contributed by atoms with Crippen LogP contribution in [0, 0.1) is 12.8 Å². The van der Waals surface area contributed by atoms with E-state index in [4.69, 9.17) is 4.74 Å². The Labute approximate surface area is 227 Å². The average Bonchev–Trinajstić information content (AvgIpc) is 3.67. The summed E-state index contributed by atoms with van der Waals surface area (Å²) >= 11 is 0. The lowest BCUT2D eigenvalue weighted by Crippen LogP contribution is -2.49. The van der Waals surface area contributed by atoms with E-state index in [0.717, 1.165) is 59.7 Å². The third kappa shape index (κ3) is 7.79. The minimum absolute atomic E-state index is 0.115. The third-order valence-electron chi connectivity index (χ3n) is 6.97. The molecule has 0 radical (unpaired) electrons. The van der Waals surface area contributed by atoms with E-state index in [0.29, 0.717) is 30.7 Å². The first-order chi connectivity index (χ1) is 18.5. The molecule has 0 atom stereocenters. The number of nitrogens with zero attached hydrogens (tertiary/aromatic N) is 2. The molecular weight excluding hydrogens is 507 g/mol. The average molecular weight is 544 g/mol. The minimum Gasteiger partial charge on any atom is -0.406 e. The molecule has 9 heteroatoms. The number of hydrogen-bond donors (Lipinski definition) is 1. The Morgan fingerprint density at radius 2 is 1.87 bits per heavy atom. The van der Waals surface area contributed by atoms with Crippen LogP contribution in [0.1, 0.15) is 41.3 Å². The Hall–Kier alpha value is -3.46. The van der Waals surface area contributed by atoms with Crippen LogP contribution in [0.3, 0.4) is 0 Å². The summed E-state index contributed by atoms with van der Waals surface area (Å²) in [6.45, 7) is 11.5. The highest BCUT2D eigenvalue weighted by molar-refractivity contribution is 5.95. The van der Waals surface area contributed by atoms with E-state index >= 15 is 0 Å². The lowest BCUT2D eigenvalue weighted by Gasteiger charge is -2.44. The number of rotatable bonds is 11. The fourth-order valence-corrected chi connectivity index (χ4v) is 4.85. The standard InChI is InChI=1S/C30H36F3N3O3/c1-5-28(23-7-9-25(10-8-23)39-30(31,32)33)36-17-22(18-36)16-35(4)19-27-20(2)6-13-26(21(27)3)29(37)34-14-15-38-24-11-12-24/h5-10,13,19,22,24H,2,11-12,14-18H2,1,3-4H3,(H,34,37)/b27-19+,28-5+. The minimum atomic E-state index is -4.70. The van der Waals surface area contributed by atoms with E-state index in [1.54, 1.807) is 12.1 Å². The summed E-state index contributed by atoms with van der Waals surface area (Å²) in [5, 5.41) is 4.74. The van der Waals surface area contributed by atoms with Gasteiger partial charge in [0.15, 0.2) is 0 Å². The topological polar surface area (TPSA) is 54.0 Å². The molecule has 39 heavy (non-hydrogen) atoms. The zero-order valence-corrected chi connectivity index (χ0v) is 22.7. The van der Waals surface area contributed by atoms with E-state index in [-0.39, 0.29) is 11.7 Å². The van der Waals surface area contributed by atoms with E-state index in [1.807, 2.05) is 45.3 Å². The van der Waals surface area contributed by atoms with Gasteiger partial charge in [-0.15, -0.1) is 13.2 Å². The van der Waals surface area contributed by atoms with Gasteiger partial charge in [-0.1, -0.05) is 18.7 Å². The normalized spacial score (nSPS) is 16.7. The molecule has 1 saturated heterocycles. The Kier molecular flexibility index (Phi) is 8.90. The number of alkyl halides is 3. The number of hydrogen-bond acceptors (Lipinski definition) is 5. The number of amides is 1. The monoisotopic (exact) mass is 543 g/mol. The molecule has 1 aliphatic carbocycles. The zero-order valence-electron chi connectivity index (χ0n) is 22.7. The molecular formula is C30H36F3N3O3. The van der Waals surface area contributed by atoms with Gasteiger partial charge in [-0.25, -0.2) is 0 Å². The molecule has 2 fully saturated rings. The van der Waals surface area contributed by atoms with Crippen molar-refractivity contribution in [3.05, 3.63) is 69.6 Å². The van der Waals surface area contributed by atoms with Gasteiger partial charge < -0.3 is 24.6 Å². The number of benzene rings is 2. The quantitative estimate of drug-likeness (QED) is 0.436. The molecule has 1 N–H and O–H groups in total. The van der Waals surface area contributed by atoms with Gasteiger partial charge >= 0.3 is 6.36 Å². The van der Waals surface area contributed by atoms with Crippen molar-refractivity contribution in [1.29, 1.82) is 0 Å². The maximum atomic E-state index is 12.8. The molecule has 0 bridgehead atoms. The summed E-state index contributed by atoms with van der Waals surface area (Å²) < 4.78 is 46.9. The van der Waals surface area contributed by atoms with Crippen LogP contribution < -0.4 is 20.5 Å². The first-order valence-electron chi connectivity index (χ1n) is 13.2. The molecule has 2 aliphatic rings. The van der Waals surface area contributed by atoms with E-state index in [2.05, 4.69) is 26.4 Å². The highest BCUT2D eigenvalue weighted by Gasteiger charge is 2.32. The Morgan fingerprint density at radius 1 is 1.18 bits per heavy atom. The lowest BCUT2D eigenvalue weighted by atomic mass is 9.96. The Morgan fingerprint density at radius 3 is 2.49 bits per heavy atom. The molecule has 6 nitrogen and oxygen atoms in total. The van der Waals surface area contributed by atoms with Crippen molar-refractivity contribution in [3.63, 3.8) is 0 Å². The number of likely N-dealkylation sites (tertiary alicyclic amines) is 1. The first kappa shape index (κ1) is 28.5. The molecule has 1 amide bonds. The van der Waals surface area contributed by atoms with Crippen LogP contribution in [0.15, 0.2) is 42.5 Å². The Balaban J connectivity index is 1.33. The molecule has 1 aliphatic heterocycles. The number of halogens is 3. The predicted octanol–water partition coefficient (Wildman–Crippen LogP) is 3.88. The molecule has 0 aromatic heterocycles. The second-order valence-electron chi connectivity index (χ2n) is 10.2. The van der Waals surface area contributed by atoms with Crippen LogP contribution in [0.25, 0.3) is 18.5 Å². The van der Waals surface area contributed by atoms with Gasteiger partial charge in [0.05, 0.1) is 12.7 Å². The summed E-state index contributed by atoms with van der Waals surface area (Å²) in [5.74, 6) is 0.0702. The molecule has 2 aromatic carbocycles. The fraction of sp³-hybridized carbons (Fsp3) is 0.433. The fourth-order valence-electron chi connectivity index (χ4n) is 4.85. The van der Waals surface area contributed by atoms with Crippen molar-refractivity contribution in [2.45, 2.75) is 39.2 Å². The van der Waals surface area contributed by atoms with Crippen LogP contribution in [-0.2, 0) is 4.74 Å². The van der Waals surface area contributed by atoms with Gasteiger partial charge in [-0.2, -0.15) is 0 Å². The van der Waals surface area contributed by atoms with E-state index in [1.165, 1.54) is 12.1 Å². The summed E-state index contributed by atoms with van der Waals surface area (Å²) in [4.78, 5) is 17.1. The molecule has 1 saturated carbocycles. The van der Waals surface area contributed by atoms with Gasteiger partial charge in [0.1, 0.15) is 5.75 Å². The van der Waals surface area contributed by atoms with Gasteiger partial charge in [0.2, 0.25) is 0 Å². The van der Waals surface area contributed by atoms with Crippen LogP contribution in [0.4, 0.5) is 13.2 Å². The summed E-state index contributed by atoms with van der Waals surface area (Å²) in [5.41, 5.74) is 3.34. The van der Waals surface area contributed by atoms with Crippen molar-refractivity contribution >= 4 is 24.4 Å². The number of nitrogens with one attached hydrogen (secondary N) is 1. The molecule has 210 valence electrons. The lowest BCUT2D eigenvalue weighted by molar-refractivity contribution is -0.274. The number of carbonyl (C=O) groups excluding carboxylic acids is 1. The summed E-state index contributed by atoms with van der Waals surface area (Å²) in [6.07, 6.45) is 1.90. The van der Waals surface area contributed by atoms with E-state index < -0.39 is 6.36 Å². The first-order valence-corrected chi connectivity index (χ1v) is 13.2. The van der Waals surface area contributed by atoms with Crippen LogP contribution in [-0.4, -0.2) is 68.0 Å². The highest BCUT2D eigenvalue weighted by Crippen LogP contribution is 2.30. The van der Waals surface area contributed by atoms with Gasteiger partial charge in [-0.3, -0.25) is 4.79 Å². The summed E-state index contributed by atoms with van der Waals surface area (Å²) in [7, 11) is 2.01.